The summed E-state index contributed by atoms with van der Waals surface area (Å²) in [6, 6.07) is 4.85. The zero-order chi connectivity index (χ0) is 15.2. The van der Waals surface area contributed by atoms with Crippen LogP contribution in [0.15, 0.2) is 24.3 Å². The highest BCUT2D eigenvalue weighted by atomic mass is 19.4. The summed E-state index contributed by atoms with van der Waals surface area (Å²) >= 11 is 0. The summed E-state index contributed by atoms with van der Waals surface area (Å²) in [5.74, 6) is -1.41. The smallest absolute Gasteiger partial charge is 0.481 e. The molecule has 20 heavy (non-hydrogen) atoms. The third-order valence-electron chi connectivity index (χ3n) is 2.33. The Labute approximate surface area is 112 Å². The largest absolute Gasteiger partial charge is 0.573 e. The Balaban J connectivity index is 2.76. The third kappa shape index (κ3) is 5.59. The second kappa shape index (κ2) is 6.78. The molecule has 1 aromatic carbocycles. The lowest BCUT2D eigenvalue weighted by atomic mass is 10.2. The van der Waals surface area contributed by atoms with Gasteiger partial charge in [0.15, 0.2) is 0 Å². The second-order valence-electron chi connectivity index (χ2n) is 3.80. The van der Waals surface area contributed by atoms with E-state index < -0.39 is 12.3 Å². The molecule has 0 unspecified atom stereocenters. The number of rotatable bonds is 7. The Hall–Kier alpha value is -2.25. The lowest BCUT2D eigenvalue weighted by molar-refractivity contribution is -0.274. The molecule has 1 aromatic rings. The molecule has 0 aliphatic carbocycles. The van der Waals surface area contributed by atoms with Crippen molar-refractivity contribution in [3.63, 3.8) is 0 Å². The lowest BCUT2D eigenvalue weighted by Gasteiger charge is -2.21. The first-order chi connectivity index (χ1) is 9.31. The first kappa shape index (κ1) is 15.8. The van der Waals surface area contributed by atoms with Crippen LogP contribution >= 0.6 is 0 Å². The lowest BCUT2D eigenvalue weighted by Crippen LogP contribution is -2.28. The molecule has 0 saturated heterocycles. The Morgan fingerprint density at radius 3 is 2.35 bits per heavy atom. The van der Waals surface area contributed by atoms with Gasteiger partial charge in [-0.25, -0.2) is 0 Å². The average Bonchev–Trinajstić information content (AvgIpc) is 2.33. The first-order valence-corrected chi connectivity index (χ1v) is 5.58. The van der Waals surface area contributed by atoms with Crippen molar-refractivity contribution >= 4 is 17.9 Å². The number of alkyl halides is 3. The van der Waals surface area contributed by atoms with Crippen molar-refractivity contribution in [3.8, 4) is 5.75 Å². The van der Waals surface area contributed by atoms with E-state index in [2.05, 4.69) is 4.74 Å². The zero-order valence-corrected chi connectivity index (χ0v) is 10.3. The van der Waals surface area contributed by atoms with Gasteiger partial charge in [0.05, 0.1) is 13.0 Å². The van der Waals surface area contributed by atoms with Crippen LogP contribution in [0, 0.1) is 0 Å². The summed E-state index contributed by atoms with van der Waals surface area (Å²) < 4.78 is 39.7. The maximum Gasteiger partial charge on any atom is 0.573 e. The van der Waals surface area contributed by atoms with E-state index in [9.17, 15) is 22.8 Å². The molecule has 0 amide bonds. The third-order valence-corrected chi connectivity index (χ3v) is 2.33. The molecule has 0 bridgehead atoms. The van der Waals surface area contributed by atoms with E-state index in [1.54, 1.807) is 0 Å². The number of benzene rings is 1. The number of carboxylic acid groups (broad SMARTS) is 1. The highest BCUT2D eigenvalue weighted by Gasteiger charge is 2.31. The summed E-state index contributed by atoms with van der Waals surface area (Å²) in [7, 11) is 0. The zero-order valence-electron chi connectivity index (χ0n) is 10.3. The standard InChI is InChI=1S/C12H12F3NO4/c13-12(14,15)20-10-3-1-9(2-4-10)16(7-8-17)6-5-11(18)19/h1-4,8H,5-7H2,(H,18,19). The maximum atomic E-state index is 12.0. The van der Waals surface area contributed by atoms with Crippen molar-refractivity contribution in [1.29, 1.82) is 0 Å². The molecule has 1 rings (SSSR count). The van der Waals surface area contributed by atoms with Crippen LogP contribution < -0.4 is 9.64 Å². The van der Waals surface area contributed by atoms with Crippen molar-refractivity contribution in [1.82, 2.24) is 0 Å². The minimum atomic E-state index is -4.77. The fraction of sp³-hybridized carbons (Fsp3) is 0.333. The molecule has 0 aliphatic heterocycles. The van der Waals surface area contributed by atoms with Gasteiger partial charge in [0.1, 0.15) is 12.0 Å². The van der Waals surface area contributed by atoms with E-state index in [-0.39, 0.29) is 25.3 Å². The fourth-order valence-electron chi connectivity index (χ4n) is 1.50. The molecule has 5 nitrogen and oxygen atoms in total. The number of aldehydes is 1. The monoisotopic (exact) mass is 291 g/mol. The van der Waals surface area contributed by atoms with Gasteiger partial charge in [-0.15, -0.1) is 13.2 Å². The second-order valence-corrected chi connectivity index (χ2v) is 3.80. The minimum Gasteiger partial charge on any atom is -0.481 e. The van der Waals surface area contributed by atoms with Gasteiger partial charge in [0.2, 0.25) is 0 Å². The van der Waals surface area contributed by atoms with Gasteiger partial charge in [0.25, 0.3) is 0 Å². The van der Waals surface area contributed by atoms with Crippen molar-refractivity contribution in [3.05, 3.63) is 24.3 Å². The summed E-state index contributed by atoms with van der Waals surface area (Å²) in [5.41, 5.74) is 0.438. The molecular formula is C12H12F3NO4. The van der Waals surface area contributed by atoms with Crippen molar-refractivity contribution in [2.45, 2.75) is 12.8 Å². The average molecular weight is 291 g/mol. The summed E-state index contributed by atoms with van der Waals surface area (Å²) in [5, 5.41) is 8.59. The number of ether oxygens (including phenoxy) is 1. The van der Waals surface area contributed by atoms with Crippen molar-refractivity contribution in [2.75, 3.05) is 18.0 Å². The van der Waals surface area contributed by atoms with Gasteiger partial charge >= 0.3 is 12.3 Å². The van der Waals surface area contributed by atoms with E-state index in [1.165, 1.54) is 17.0 Å². The highest BCUT2D eigenvalue weighted by molar-refractivity contribution is 5.69. The highest BCUT2D eigenvalue weighted by Crippen LogP contribution is 2.25. The molecule has 8 heteroatoms. The number of anilines is 1. The quantitative estimate of drug-likeness (QED) is 0.779. The molecular weight excluding hydrogens is 279 g/mol. The molecule has 0 atom stereocenters. The Bertz CT molecular complexity index is 459. The molecule has 0 aromatic heterocycles. The van der Waals surface area contributed by atoms with Crippen LogP contribution in [0.25, 0.3) is 0 Å². The van der Waals surface area contributed by atoms with E-state index in [1.807, 2.05) is 0 Å². The maximum absolute atomic E-state index is 12.0. The van der Waals surface area contributed by atoms with Crippen LogP contribution in [-0.4, -0.2) is 36.8 Å². The molecule has 0 spiro atoms. The van der Waals surface area contributed by atoms with Gasteiger partial charge in [-0.3, -0.25) is 4.79 Å². The number of carbonyl (C=O) groups is 2. The normalized spacial score (nSPS) is 10.9. The van der Waals surface area contributed by atoms with Crippen LogP contribution in [-0.2, 0) is 9.59 Å². The molecule has 0 saturated carbocycles. The van der Waals surface area contributed by atoms with Crippen LogP contribution in [0.1, 0.15) is 6.42 Å². The number of carbonyl (C=O) groups excluding carboxylic acids is 1. The number of aliphatic carboxylic acids is 1. The van der Waals surface area contributed by atoms with Gasteiger partial charge in [-0.05, 0) is 24.3 Å². The van der Waals surface area contributed by atoms with Gasteiger partial charge in [-0.1, -0.05) is 0 Å². The number of hydrogen-bond acceptors (Lipinski definition) is 4. The Kier molecular flexibility index (Phi) is 5.36. The van der Waals surface area contributed by atoms with Crippen molar-refractivity contribution in [2.24, 2.45) is 0 Å². The number of halogens is 3. The van der Waals surface area contributed by atoms with Gasteiger partial charge in [-0.2, -0.15) is 0 Å². The van der Waals surface area contributed by atoms with Crippen LogP contribution in [0.5, 0.6) is 5.75 Å². The topological polar surface area (TPSA) is 66.8 Å². The van der Waals surface area contributed by atoms with E-state index >= 15 is 0 Å². The summed E-state index contributed by atoms with van der Waals surface area (Å²) in [4.78, 5) is 22.5. The van der Waals surface area contributed by atoms with Crippen molar-refractivity contribution < 1.29 is 32.6 Å². The van der Waals surface area contributed by atoms with Gasteiger partial charge in [0, 0.05) is 12.2 Å². The van der Waals surface area contributed by atoms with Gasteiger partial charge < -0.3 is 19.5 Å². The minimum absolute atomic E-state index is 0.0489. The van der Waals surface area contributed by atoms with E-state index in [0.29, 0.717) is 12.0 Å². The van der Waals surface area contributed by atoms with Crippen LogP contribution in [0.2, 0.25) is 0 Å². The van der Waals surface area contributed by atoms with Crippen LogP contribution in [0.4, 0.5) is 18.9 Å². The molecule has 0 fully saturated rings. The first-order valence-electron chi connectivity index (χ1n) is 5.58. The number of hydrogen-bond donors (Lipinski definition) is 1. The Morgan fingerprint density at radius 2 is 1.90 bits per heavy atom. The summed E-state index contributed by atoms with van der Waals surface area (Å²) in [6.45, 7) is 0.0281. The van der Waals surface area contributed by atoms with E-state index in [0.717, 1.165) is 12.1 Å². The van der Waals surface area contributed by atoms with Crippen LogP contribution in [0.3, 0.4) is 0 Å². The predicted octanol–water partition coefficient (Wildman–Crippen LogP) is 2.07. The predicted molar refractivity (Wildman–Crippen MR) is 63.7 cm³/mol. The molecule has 110 valence electrons. The number of carboxylic acids is 1. The molecule has 1 N–H and O–H groups in total. The fourth-order valence-corrected chi connectivity index (χ4v) is 1.50. The SMILES string of the molecule is O=CCN(CCC(=O)O)c1ccc(OC(F)(F)F)cc1. The summed E-state index contributed by atoms with van der Waals surface area (Å²) in [6.07, 6.45) is -4.37. The Morgan fingerprint density at radius 1 is 1.30 bits per heavy atom. The van der Waals surface area contributed by atoms with E-state index in [4.69, 9.17) is 5.11 Å². The molecule has 0 heterocycles. The molecule has 0 radical (unpaired) electrons. The molecule has 0 aliphatic rings. The number of nitrogens with zero attached hydrogens (tertiary/aromatic N) is 1.